The van der Waals surface area contributed by atoms with Crippen molar-refractivity contribution in [1.82, 2.24) is 0 Å². The molecule has 144 valence electrons. The summed E-state index contributed by atoms with van der Waals surface area (Å²) in [6.45, 7) is 2.09. The summed E-state index contributed by atoms with van der Waals surface area (Å²) in [6, 6.07) is 25.1. The molecule has 3 aromatic rings. The summed E-state index contributed by atoms with van der Waals surface area (Å²) in [5, 5.41) is 6.86. The molecule has 1 aliphatic rings. The molecule has 3 heteroatoms. The molecule has 0 amide bonds. The fourth-order valence-electron chi connectivity index (χ4n) is 3.12. The van der Waals surface area contributed by atoms with Crippen LogP contribution in [0.1, 0.15) is 11.1 Å². The minimum atomic E-state index is 0.0252. The first-order valence-corrected chi connectivity index (χ1v) is 9.79. The molecule has 3 aromatic carbocycles. The van der Waals surface area contributed by atoms with Gasteiger partial charge in [-0.25, -0.2) is 0 Å². The number of nitrogens with one attached hydrogen (secondary N) is 2. The van der Waals surface area contributed by atoms with Gasteiger partial charge in [-0.15, -0.1) is 0 Å². The Balaban J connectivity index is 1.38. The molecule has 4 rings (SSSR count). The van der Waals surface area contributed by atoms with Crippen LogP contribution in [0.4, 0.5) is 22.7 Å². The first-order chi connectivity index (χ1) is 14.1. The van der Waals surface area contributed by atoms with E-state index >= 15 is 0 Å². The van der Waals surface area contributed by atoms with Gasteiger partial charge in [0.1, 0.15) is 0 Å². The van der Waals surface area contributed by atoms with E-state index < -0.39 is 0 Å². The molecular weight excluding hydrogens is 354 g/mol. The van der Waals surface area contributed by atoms with Crippen LogP contribution in [0, 0.1) is 6.92 Å². The molecule has 0 unspecified atom stereocenters. The second-order valence-corrected chi connectivity index (χ2v) is 7.26. The molecule has 0 aliphatic heterocycles. The van der Waals surface area contributed by atoms with Crippen molar-refractivity contribution in [3.05, 3.63) is 114 Å². The van der Waals surface area contributed by atoms with Gasteiger partial charge in [-0.2, -0.15) is 0 Å². The van der Waals surface area contributed by atoms with Crippen molar-refractivity contribution < 1.29 is 0 Å². The standard InChI is InChI=1S/C26H25N3/c1-19-2-10-23(11-3-19)28-25-14-16-26(17-15-25)29-24-12-6-21(7-13-24)18-20-4-8-22(27)9-5-20/h2-18,22,28-29H,27H2,1H3. The summed E-state index contributed by atoms with van der Waals surface area (Å²) in [5.41, 5.74) is 13.7. The maximum absolute atomic E-state index is 5.82. The van der Waals surface area contributed by atoms with Crippen LogP contribution in [-0.4, -0.2) is 6.04 Å². The predicted octanol–water partition coefficient (Wildman–Crippen LogP) is 6.32. The van der Waals surface area contributed by atoms with Crippen LogP contribution in [0.25, 0.3) is 6.08 Å². The molecule has 0 heterocycles. The van der Waals surface area contributed by atoms with Gasteiger partial charge in [-0.05, 0) is 72.7 Å². The largest absolute Gasteiger partial charge is 0.356 e. The van der Waals surface area contributed by atoms with E-state index in [2.05, 4.69) is 109 Å². The molecule has 1 aliphatic carbocycles. The van der Waals surface area contributed by atoms with Gasteiger partial charge in [0.2, 0.25) is 0 Å². The van der Waals surface area contributed by atoms with Crippen LogP contribution in [0.2, 0.25) is 0 Å². The minimum absolute atomic E-state index is 0.0252. The van der Waals surface area contributed by atoms with E-state index in [1.807, 2.05) is 12.2 Å². The highest BCUT2D eigenvalue weighted by molar-refractivity contribution is 5.68. The second-order valence-electron chi connectivity index (χ2n) is 7.26. The summed E-state index contributed by atoms with van der Waals surface area (Å²) in [6.07, 6.45) is 10.3. The van der Waals surface area contributed by atoms with Crippen molar-refractivity contribution in [3.8, 4) is 0 Å². The topological polar surface area (TPSA) is 50.1 Å². The zero-order chi connectivity index (χ0) is 20.1. The highest BCUT2D eigenvalue weighted by atomic mass is 14.9. The summed E-state index contributed by atoms with van der Waals surface area (Å²) >= 11 is 0. The van der Waals surface area contributed by atoms with Crippen molar-refractivity contribution in [3.63, 3.8) is 0 Å². The smallest absolute Gasteiger partial charge is 0.0416 e. The molecule has 0 aromatic heterocycles. The zero-order valence-electron chi connectivity index (χ0n) is 16.5. The zero-order valence-corrected chi connectivity index (χ0v) is 16.5. The first-order valence-electron chi connectivity index (χ1n) is 9.79. The molecule has 29 heavy (non-hydrogen) atoms. The maximum atomic E-state index is 5.82. The van der Waals surface area contributed by atoms with Crippen LogP contribution < -0.4 is 16.4 Å². The molecule has 0 bridgehead atoms. The summed E-state index contributed by atoms with van der Waals surface area (Å²) in [7, 11) is 0. The summed E-state index contributed by atoms with van der Waals surface area (Å²) in [4.78, 5) is 0. The highest BCUT2D eigenvalue weighted by Crippen LogP contribution is 2.23. The Morgan fingerprint density at radius 2 is 1.07 bits per heavy atom. The van der Waals surface area contributed by atoms with Crippen molar-refractivity contribution in [2.24, 2.45) is 5.73 Å². The number of allylic oxidation sites excluding steroid dienone is 3. The lowest BCUT2D eigenvalue weighted by molar-refractivity contribution is 1.02. The first kappa shape index (κ1) is 18.8. The Morgan fingerprint density at radius 1 is 0.655 bits per heavy atom. The van der Waals surface area contributed by atoms with E-state index in [4.69, 9.17) is 5.73 Å². The fourth-order valence-corrected chi connectivity index (χ4v) is 3.12. The number of anilines is 4. The van der Waals surface area contributed by atoms with Gasteiger partial charge >= 0.3 is 0 Å². The van der Waals surface area contributed by atoms with Crippen LogP contribution in [-0.2, 0) is 0 Å². The van der Waals surface area contributed by atoms with E-state index in [0.717, 1.165) is 33.9 Å². The van der Waals surface area contributed by atoms with Gasteiger partial charge in [0, 0.05) is 28.8 Å². The monoisotopic (exact) mass is 379 g/mol. The van der Waals surface area contributed by atoms with Crippen LogP contribution in [0.5, 0.6) is 0 Å². The van der Waals surface area contributed by atoms with E-state index in [9.17, 15) is 0 Å². The average Bonchev–Trinajstić information content (AvgIpc) is 2.74. The fraction of sp³-hybridized carbons (Fsp3) is 0.0769. The van der Waals surface area contributed by atoms with E-state index in [1.165, 1.54) is 5.56 Å². The van der Waals surface area contributed by atoms with Crippen molar-refractivity contribution in [1.29, 1.82) is 0 Å². The summed E-state index contributed by atoms with van der Waals surface area (Å²) < 4.78 is 0. The van der Waals surface area contributed by atoms with Gasteiger partial charge in [0.05, 0.1) is 0 Å². The molecule has 0 atom stereocenters. The lowest BCUT2D eigenvalue weighted by atomic mass is 10.0. The Bertz CT molecular complexity index is 1020. The van der Waals surface area contributed by atoms with E-state index in [-0.39, 0.29) is 6.04 Å². The van der Waals surface area contributed by atoms with E-state index in [1.54, 1.807) is 0 Å². The van der Waals surface area contributed by atoms with Gasteiger partial charge in [-0.1, -0.05) is 54.1 Å². The Hall–Kier alpha value is -3.56. The normalized spacial score (nSPS) is 15.2. The predicted molar refractivity (Wildman–Crippen MR) is 125 cm³/mol. The molecule has 3 nitrogen and oxygen atoms in total. The Labute approximate surface area is 172 Å². The third-order valence-electron chi connectivity index (χ3n) is 4.78. The average molecular weight is 380 g/mol. The minimum Gasteiger partial charge on any atom is -0.356 e. The second kappa shape index (κ2) is 8.63. The highest BCUT2D eigenvalue weighted by Gasteiger charge is 2.00. The van der Waals surface area contributed by atoms with Crippen LogP contribution in [0.15, 0.2) is 103 Å². The van der Waals surface area contributed by atoms with Crippen molar-refractivity contribution >= 4 is 28.8 Å². The van der Waals surface area contributed by atoms with Gasteiger partial charge in [0.15, 0.2) is 0 Å². The molecule has 0 radical (unpaired) electrons. The van der Waals surface area contributed by atoms with Gasteiger partial charge < -0.3 is 16.4 Å². The lowest BCUT2D eigenvalue weighted by Gasteiger charge is -2.10. The van der Waals surface area contributed by atoms with Crippen molar-refractivity contribution in [2.45, 2.75) is 13.0 Å². The van der Waals surface area contributed by atoms with E-state index in [0.29, 0.717) is 0 Å². The Kier molecular flexibility index (Phi) is 5.59. The number of hydrogen-bond donors (Lipinski definition) is 3. The number of nitrogens with two attached hydrogens (primary N) is 1. The van der Waals surface area contributed by atoms with Crippen molar-refractivity contribution in [2.75, 3.05) is 10.6 Å². The number of aryl methyl sites for hydroxylation is 1. The quantitative estimate of drug-likeness (QED) is 0.486. The SMILES string of the molecule is Cc1ccc(Nc2ccc(Nc3ccc(C=C4C=CC(N)C=C4)cc3)cc2)cc1. The number of benzene rings is 3. The lowest BCUT2D eigenvalue weighted by Crippen LogP contribution is -2.14. The Morgan fingerprint density at radius 3 is 1.55 bits per heavy atom. The molecule has 0 saturated heterocycles. The molecule has 0 fully saturated rings. The third kappa shape index (κ3) is 5.24. The third-order valence-corrected chi connectivity index (χ3v) is 4.78. The molecule has 0 spiro atoms. The summed E-state index contributed by atoms with van der Waals surface area (Å²) in [5.74, 6) is 0. The maximum Gasteiger partial charge on any atom is 0.0416 e. The van der Waals surface area contributed by atoms with Crippen LogP contribution >= 0.6 is 0 Å². The van der Waals surface area contributed by atoms with Crippen LogP contribution in [0.3, 0.4) is 0 Å². The number of hydrogen-bond acceptors (Lipinski definition) is 3. The number of rotatable bonds is 5. The molecule has 4 N–H and O–H groups in total. The molecular formula is C26H25N3. The van der Waals surface area contributed by atoms with Gasteiger partial charge in [-0.3, -0.25) is 0 Å². The van der Waals surface area contributed by atoms with Gasteiger partial charge in [0.25, 0.3) is 0 Å². The molecule has 0 saturated carbocycles.